The Labute approximate surface area is 158 Å². The Morgan fingerprint density at radius 2 is 2.12 bits per heavy atom. The van der Waals surface area contributed by atoms with Crippen molar-refractivity contribution in [2.75, 3.05) is 13.7 Å². The molecule has 0 aliphatic carbocycles. The monoisotopic (exact) mass is 390 g/mol. The highest BCUT2D eigenvalue weighted by molar-refractivity contribution is 7.12. The van der Waals surface area contributed by atoms with Gasteiger partial charge in [0.15, 0.2) is 0 Å². The number of benzene rings is 1. The topological polar surface area (TPSA) is 77.5 Å². The average Bonchev–Trinajstić information content (AvgIpc) is 3.18. The Hall–Kier alpha value is -2.64. The first kappa shape index (κ1) is 18.2. The highest BCUT2D eigenvalue weighted by Crippen LogP contribution is 2.24. The lowest BCUT2D eigenvalue weighted by atomic mass is 10.1. The average molecular weight is 391 g/mol. The first-order valence-corrected chi connectivity index (χ1v) is 8.93. The van der Waals surface area contributed by atoms with Crippen LogP contribution < -0.4 is 10.1 Å². The van der Waals surface area contributed by atoms with Gasteiger partial charge in [-0.05, 0) is 29.6 Å². The lowest BCUT2D eigenvalue weighted by molar-refractivity contribution is -0.143. The number of thiophene rings is 1. The van der Waals surface area contributed by atoms with Crippen LogP contribution in [-0.2, 0) is 16.1 Å². The molecule has 1 N–H and O–H groups in total. The van der Waals surface area contributed by atoms with Crippen LogP contribution in [-0.4, -0.2) is 30.5 Å². The normalized spacial score (nSPS) is 10.5. The predicted octanol–water partition coefficient (Wildman–Crippen LogP) is 3.43. The summed E-state index contributed by atoms with van der Waals surface area (Å²) < 4.78 is 10.3. The fraction of sp³-hybridized carbons (Fsp3) is 0.167. The third-order valence-corrected chi connectivity index (χ3v) is 4.77. The van der Waals surface area contributed by atoms with Crippen LogP contribution in [0.1, 0.15) is 15.2 Å². The number of amides is 1. The fourth-order valence-electron chi connectivity index (χ4n) is 2.25. The van der Waals surface area contributed by atoms with E-state index in [0.29, 0.717) is 21.7 Å². The van der Waals surface area contributed by atoms with E-state index < -0.39 is 5.97 Å². The molecule has 0 radical (unpaired) electrons. The number of carbonyl (C=O) groups excluding carboxylic acids is 2. The Morgan fingerprint density at radius 1 is 1.27 bits per heavy atom. The molecule has 0 aliphatic rings. The van der Waals surface area contributed by atoms with Crippen molar-refractivity contribution < 1.29 is 19.1 Å². The third kappa shape index (κ3) is 4.30. The number of esters is 1. The van der Waals surface area contributed by atoms with Gasteiger partial charge in [0.2, 0.25) is 0 Å². The van der Waals surface area contributed by atoms with Gasteiger partial charge < -0.3 is 14.8 Å². The number of pyridine rings is 1. The Bertz CT molecular complexity index is 944. The Kier molecular flexibility index (Phi) is 5.70. The van der Waals surface area contributed by atoms with Crippen LogP contribution in [0.5, 0.6) is 5.75 Å². The van der Waals surface area contributed by atoms with Crippen molar-refractivity contribution in [3.8, 4) is 5.75 Å². The van der Waals surface area contributed by atoms with Gasteiger partial charge in [-0.15, -0.1) is 11.3 Å². The maximum Gasteiger partial charge on any atom is 0.325 e. The van der Waals surface area contributed by atoms with Gasteiger partial charge in [-0.1, -0.05) is 17.7 Å². The van der Waals surface area contributed by atoms with Crippen molar-refractivity contribution >= 4 is 45.7 Å². The van der Waals surface area contributed by atoms with Gasteiger partial charge in [-0.25, -0.2) is 4.98 Å². The minimum atomic E-state index is -0.555. The molecule has 0 spiro atoms. The van der Waals surface area contributed by atoms with Crippen molar-refractivity contribution in [1.82, 2.24) is 10.3 Å². The van der Waals surface area contributed by atoms with E-state index in [1.165, 1.54) is 11.3 Å². The van der Waals surface area contributed by atoms with Gasteiger partial charge >= 0.3 is 5.97 Å². The number of halogens is 1. The van der Waals surface area contributed by atoms with E-state index in [2.05, 4.69) is 10.3 Å². The van der Waals surface area contributed by atoms with Crippen molar-refractivity contribution in [3.63, 3.8) is 0 Å². The van der Waals surface area contributed by atoms with Crippen LogP contribution in [0, 0.1) is 0 Å². The van der Waals surface area contributed by atoms with Gasteiger partial charge in [0.1, 0.15) is 24.1 Å². The molecule has 1 amide bonds. The fourth-order valence-corrected chi connectivity index (χ4v) is 3.09. The zero-order valence-corrected chi connectivity index (χ0v) is 15.4. The number of aromatic nitrogens is 1. The summed E-state index contributed by atoms with van der Waals surface area (Å²) in [6, 6.07) is 10.7. The number of rotatable bonds is 6. The number of fused-ring (bicyclic) bond motifs is 1. The number of nitrogens with one attached hydrogen (secondary N) is 1. The molecule has 0 fully saturated rings. The van der Waals surface area contributed by atoms with Gasteiger partial charge in [0, 0.05) is 17.0 Å². The summed E-state index contributed by atoms with van der Waals surface area (Å²) in [5, 5.41) is 5.41. The maximum atomic E-state index is 11.8. The molecule has 0 unspecified atom stereocenters. The highest BCUT2D eigenvalue weighted by atomic mass is 35.5. The van der Waals surface area contributed by atoms with E-state index in [1.54, 1.807) is 30.7 Å². The molecule has 2 aromatic heterocycles. The molecule has 8 heteroatoms. The van der Waals surface area contributed by atoms with E-state index >= 15 is 0 Å². The number of ether oxygens (including phenoxy) is 2. The molecule has 0 aliphatic heterocycles. The van der Waals surface area contributed by atoms with E-state index in [0.717, 1.165) is 5.39 Å². The summed E-state index contributed by atoms with van der Waals surface area (Å²) in [4.78, 5) is 28.5. The van der Waals surface area contributed by atoms with Crippen LogP contribution in [0.2, 0.25) is 5.15 Å². The Morgan fingerprint density at radius 3 is 2.85 bits per heavy atom. The van der Waals surface area contributed by atoms with Gasteiger partial charge in [0.25, 0.3) is 5.91 Å². The van der Waals surface area contributed by atoms with Crippen LogP contribution >= 0.6 is 22.9 Å². The minimum Gasteiger partial charge on any atom is -0.497 e. The number of hydrogen-bond acceptors (Lipinski definition) is 6. The molecule has 134 valence electrons. The summed E-state index contributed by atoms with van der Waals surface area (Å²) in [5.41, 5.74) is 1.27. The molecule has 2 heterocycles. The Balaban J connectivity index is 1.59. The molecule has 0 saturated carbocycles. The molecule has 26 heavy (non-hydrogen) atoms. The van der Waals surface area contributed by atoms with Crippen LogP contribution in [0.3, 0.4) is 0 Å². The number of methoxy groups -OCH3 is 1. The molecule has 1 aromatic carbocycles. The predicted molar refractivity (Wildman–Crippen MR) is 99.8 cm³/mol. The lowest BCUT2D eigenvalue weighted by Crippen LogP contribution is -2.30. The highest BCUT2D eigenvalue weighted by Gasteiger charge is 2.12. The number of carbonyl (C=O) groups is 2. The molecule has 0 saturated heterocycles. The van der Waals surface area contributed by atoms with Gasteiger partial charge in [-0.2, -0.15) is 0 Å². The van der Waals surface area contributed by atoms with E-state index in [1.807, 2.05) is 18.2 Å². The molecule has 6 nitrogen and oxygen atoms in total. The number of nitrogens with zero attached hydrogens (tertiary/aromatic N) is 1. The van der Waals surface area contributed by atoms with Gasteiger partial charge in [0.05, 0.1) is 17.5 Å². The van der Waals surface area contributed by atoms with E-state index in [-0.39, 0.29) is 24.2 Å². The van der Waals surface area contributed by atoms with Crippen molar-refractivity contribution in [3.05, 3.63) is 57.4 Å². The molecule has 0 bridgehead atoms. The summed E-state index contributed by atoms with van der Waals surface area (Å²) in [5.74, 6) is -0.182. The van der Waals surface area contributed by atoms with Crippen molar-refractivity contribution in [2.45, 2.75) is 6.61 Å². The summed E-state index contributed by atoms with van der Waals surface area (Å²) in [6.45, 7) is -0.242. The van der Waals surface area contributed by atoms with Crippen LogP contribution in [0.15, 0.2) is 41.8 Å². The first-order chi connectivity index (χ1) is 12.6. The van der Waals surface area contributed by atoms with E-state index in [9.17, 15) is 9.59 Å². The molecule has 3 aromatic rings. The van der Waals surface area contributed by atoms with Crippen molar-refractivity contribution in [1.29, 1.82) is 0 Å². The smallest absolute Gasteiger partial charge is 0.325 e. The van der Waals surface area contributed by atoms with Crippen LogP contribution in [0.25, 0.3) is 10.9 Å². The molecule has 0 atom stereocenters. The quantitative estimate of drug-likeness (QED) is 0.515. The largest absolute Gasteiger partial charge is 0.497 e. The lowest BCUT2D eigenvalue weighted by Gasteiger charge is -2.09. The first-order valence-electron chi connectivity index (χ1n) is 7.67. The van der Waals surface area contributed by atoms with E-state index in [4.69, 9.17) is 21.1 Å². The maximum absolute atomic E-state index is 11.8. The number of hydrogen-bond donors (Lipinski definition) is 1. The zero-order chi connectivity index (χ0) is 18.5. The zero-order valence-electron chi connectivity index (χ0n) is 13.8. The molecular weight excluding hydrogens is 376 g/mol. The summed E-state index contributed by atoms with van der Waals surface area (Å²) in [6.07, 6.45) is 0. The second-order valence-corrected chi connectivity index (χ2v) is 6.62. The third-order valence-electron chi connectivity index (χ3n) is 3.58. The molecular formula is C18H15ClN2O4S. The summed E-state index contributed by atoms with van der Waals surface area (Å²) >= 11 is 7.47. The van der Waals surface area contributed by atoms with Gasteiger partial charge in [-0.3, -0.25) is 9.59 Å². The van der Waals surface area contributed by atoms with Crippen LogP contribution in [0.4, 0.5) is 0 Å². The molecule has 3 rings (SSSR count). The second-order valence-electron chi connectivity index (χ2n) is 5.32. The SMILES string of the molecule is COc1ccc2cc(COC(=O)CNC(=O)c3cccs3)c(Cl)nc2c1. The van der Waals surface area contributed by atoms with Crippen molar-refractivity contribution in [2.24, 2.45) is 0 Å². The minimum absolute atomic E-state index is 0.0263. The second kappa shape index (κ2) is 8.16. The standard InChI is InChI=1S/C18H15ClN2O4S/c1-24-13-5-4-11-7-12(17(19)21-14(11)8-13)10-25-16(22)9-20-18(23)15-3-2-6-26-15/h2-8H,9-10H2,1H3,(H,20,23). The summed E-state index contributed by atoms with van der Waals surface area (Å²) in [7, 11) is 1.58.